The Hall–Kier alpha value is -0.750. The first-order valence-electron chi connectivity index (χ1n) is 6.86. The normalized spacial score (nSPS) is 17.9. The van der Waals surface area contributed by atoms with Gasteiger partial charge in [-0.1, -0.05) is 13.3 Å². The number of piperidine rings is 1. The van der Waals surface area contributed by atoms with Crippen molar-refractivity contribution in [3.05, 3.63) is 0 Å². The van der Waals surface area contributed by atoms with Gasteiger partial charge in [0.1, 0.15) is 0 Å². The minimum atomic E-state index is -0.878. The van der Waals surface area contributed by atoms with Crippen molar-refractivity contribution in [3.8, 4) is 0 Å². The Bertz CT molecular complexity index is 294. The molecule has 1 aliphatic heterocycles. The molecular formula is C13H24N2O3S. The van der Waals surface area contributed by atoms with E-state index in [0.29, 0.717) is 12.5 Å². The number of carbonyl (C=O) groups is 2. The third kappa shape index (κ3) is 8.10. The smallest absolute Gasteiger partial charge is 0.313 e. The van der Waals surface area contributed by atoms with E-state index in [2.05, 4.69) is 17.1 Å². The van der Waals surface area contributed by atoms with Gasteiger partial charge in [-0.05, 0) is 31.8 Å². The second-order valence-electron chi connectivity index (χ2n) is 5.16. The van der Waals surface area contributed by atoms with Crippen molar-refractivity contribution in [1.29, 1.82) is 0 Å². The molecule has 0 saturated carbocycles. The van der Waals surface area contributed by atoms with E-state index >= 15 is 0 Å². The van der Waals surface area contributed by atoms with Crippen LogP contribution in [0.3, 0.4) is 0 Å². The fourth-order valence-corrected chi connectivity index (χ4v) is 2.78. The van der Waals surface area contributed by atoms with Gasteiger partial charge < -0.3 is 15.3 Å². The molecule has 110 valence electrons. The van der Waals surface area contributed by atoms with E-state index in [1.165, 1.54) is 32.4 Å². The molecule has 0 aromatic heterocycles. The molecule has 0 aromatic rings. The summed E-state index contributed by atoms with van der Waals surface area (Å²) in [4.78, 5) is 24.3. The Kier molecular flexibility index (Phi) is 7.90. The molecule has 5 nitrogen and oxygen atoms in total. The van der Waals surface area contributed by atoms with Crippen LogP contribution in [-0.4, -0.2) is 59.6 Å². The van der Waals surface area contributed by atoms with Crippen molar-refractivity contribution in [2.24, 2.45) is 5.92 Å². The van der Waals surface area contributed by atoms with Crippen molar-refractivity contribution in [2.75, 3.05) is 37.7 Å². The molecule has 6 heteroatoms. The lowest BCUT2D eigenvalue weighted by atomic mass is 10.1. The Morgan fingerprint density at radius 2 is 1.95 bits per heavy atom. The van der Waals surface area contributed by atoms with Crippen LogP contribution in [0.25, 0.3) is 0 Å². The molecule has 1 fully saturated rings. The molecule has 0 aliphatic carbocycles. The molecule has 0 spiro atoms. The van der Waals surface area contributed by atoms with Gasteiger partial charge in [0.2, 0.25) is 5.91 Å². The molecule has 1 atom stereocenters. The highest BCUT2D eigenvalue weighted by atomic mass is 32.2. The minimum absolute atomic E-state index is 0.0171. The molecule has 1 heterocycles. The zero-order valence-corrected chi connectivity index (χ0v) is 12.4. The van der Waals surface area contributed by atoms with Crippen molar-refractivity contribution in [2.45, 2.75) is 26.2 Å². The summed E-state index contributed by atoms with van der Waals surface area (Å²) in [6.45, 7) is 6.18. The number of carboxylic acid groups (broad SMARTS) is 1. The van der Waals surface area contributed by atoms with Crippen LogP contribution in [0.5, 0.6) is 0 Å². The van der Waals surface area contributed by atoms with Gasteiger partial charge in [-0.25, -0.2) is 0 Å². The number of hydrogen-bond donors (Lipinski definition) is 2. The van der Waals surface area contributed by atoms with Crippen LogP contribution >= 0.6 is 11.8 Å². The third-order valence-electron chi connectivity index (χ3n) is 3.12. The van der Waals surface area contributed by atoms with Crippen LogP contribution in [0.1, 0.15) is 26.2 Å². The Morgan fingerprint density at radius 1 is 1.26 bits per heavy atom. The maximum atomic E-state index is 11.5. The number of likely N-dealkylation sites (tertiary alicyclic amines) is 1. The minimum Gasteiger partial charge on any atom is -0.481 e. The number of nitrogens with zero attached hydrogens (tertiary/aromatic N) is 1. The molecular weight excluding hydrogens is 264 g/mol. The van der Waals surface area contributed by atoms with Gasteiger partial charge in [0.15, 0.2) is 0 Å². The molecule has 1 amide bonds. The number of thioether (sulfide) groups is 1. The van der Waals surface area contributed by atoms with E-state index in [9.17, 15) is 9.59 Å². The van der Waals surface area contributed by atoms with Gasteiger partial charge in [-0.2, -0.15) is 0 Å². The Balaban J connectivity index is 2.06. The highest BCUT2D eigenvalue weighted by molar-refractivity contribution is 8.00. The van der Waals surface area contributed by atoms with Crippen molar-refractivity contribution in [3.63, 3.8) is 0 Å². The number of nitrogens with one attached hydrogen (secondary N) is 1. The predicted molar refractivity (Wildman–Crippen MR) is 77.4 cm³/mol. The highest BCUT2D eigenvalue weighted by Gasteiger charge is 2.14. The largest absolute Gasteiger partial charge is 0.481 e. The second kappa shape index (κ2) is 9.20. The fourth-order valence-electron chi connectivity index (χ4n) is 2.22. The lowest BCUT2D eigenvalue weighted by Crippen LogP contribution is -2.38. The highest BCUT2D eigenvalue weighted by Crippen LogP contribution is 2.10. The van der Waals surface area contributed by atoms with E-state index in [0.717, 1.165) is 18.3 Å². The average molecular weight is 288 g/mol. The van der Waals surface area contributed by atoms with E-state index in [1.54, 1.807) is 0 Å². The summed E-state index contributed by atoms with van der Waals surface area (Å²) >= 11 is 1.13. The predicted octanol–water partition coefficient (Wildman–Crippen LogP) is 1.04. The number of carboxylic acids is 1. The van der Waals surface area contributed by atoms with Crippen LogP contribution in [0.15, 0.2) is 0 Å². The van der Waals surface area contributed by atoms with Crippen LogP contribution in [-0.2, 0) is 9.59 Å². The molecule has 1 rings (SSSR count). The summed E-state index contributed by atoms with van der Waals surface area (Å²) in [7, 11) is 0. The molecule has 0 aromatic carbocycles. The van der Waals surface area contributed by atoms with Crippen molar-refractivity contribution >= 4 is 23.6 Å². The van der Waals surface area contributed by atoms with E-state index in [1.807, 2.05) is 0 Å². The maximum Gasteiger partial charge on any atom is 0.313 e. The Labute approximate surface area is 119 Å². The van der Waals surface area contributed by atoms with Crippen molar-refractivity contribution < 1.29 is 14.7 Å². The topological polar surface area (TPSA) is 69.6 Å². The zero-order valence-electron chi connectivity index (χ0n) is 11.6. The van der Waals surface area contributed by atoms with Crippen LogP contribution in [0.2, 0.25) is 0 Å². The quantitative estimate of drug-likeness (QED) is 0.698. The number of carbonyl (C=O) groups excluding carboxylic acids is 1. The van der Waals surface area contributed by atoms with E-state index in [-0.39, 0.29) is 17.4 Å². The molecule has 1 saturated heterocycles. The summed E-state index contributed by atoms with van der Waals surface area (Å²) < 4.78 is 0. The summed E-state index contributed by atoms with van der Waals surface area (Å²) in [5, 5.41) is 11.3. The van der Waals surface area contributed by atoms with E-state index < -0.39 is 5.97 Å². The van der Waals surface area contributed by atoms with Crippen molar-refractivity contribution in [1.82, 2.24) is 10.2 Å². The summed E-state index contributed by atoms with van der Waals surface area (Å²) in [6, 6.07) is 0. The number of aliphatic carboxylic acids is 1. The lowest BCUT2D eigenvalue weighted by molar-refractivity contribution is -0.133. The maximum absolute atomic E-state index is 11.5. The third-order valence-corrected chi connectivity index (χ3v) is 4.04. The number of rotatable bonds is 8. The summed E-state index contributed by atoms with van der Waals surface area (Å²) in [6.07, 6.45) is 3.90. The second-order valence-corrected chi connectivity index (χ2v) is 6.14. The standard InChI is InChI=1S/C13H24N2O3S/c1-11(8-15-5-3-2-4-6-15)7-14-12(16)9-19-10-13(17)18/h11H,2-10H2,1H3,(H,14,16)(H,17,18). The molecule has 19 heavy (non-hydrogen) atoms. The first kappa shape index (κ1) is 16.3. The lowest BCUT2D eigenvalue weighted by Gasteiger charge is -2.29. The summed E-state index contributed by atoms with van der Waals surface area (Å²) in [5.74, 6) is -0.306. The molecule has 1 aliphatic rings. The van der Waals surface area contributed by atoms with Gasteiger partial charge in [0, 0.05) is 13.1 Å². The zero-order chi connectivity index (χ0) is 14.1. The van der Waals surface area contributed by atoms with Crippen LogP contribution in [0, 0.1) is 5.92 Å². The first-order chi connectivity index (χ1) is 9.08. The fraction of sp³-hybridized carbons (Fsp3) is 0.846. The van der Waals surface area contributed by atoms with Crippen LogP contribution < -0.4 is 5.32 Å². The van der Waals surface area contributed by atoms with Gasteiger partial charge in [0.05, 0.1) is 11.5 Å². The molecule has 2 N–H and O–H groups in total. The van der Waals surface area contributed by atoms with Gasteiger partial charge >= 0.3 is 5.97 Å². The number of amides is 1. The number of hydrogen-bond acceptors (Lipinski definition) is 4. The van der Waals surface area contributed by atoms with Gasteiger partial charge in [-0.3, -0.25) is 9.59 Å². The van der Waals surface area contributed by atoms with Gasteiger partial charge in [0.25, 0.3) is 0 Å². The Morgan fingerprint density at radius 3 is 2.58 bits per heavy atom. The molecule has 0 radical (unpaired) electrons. The SMILES string of the molecule is CC(CNC(=O)CSCC(=O)O)CN1CCCCC1. The molecule has 1 unspecified atom stereocenters. The van der Waals surface area contributed by atoms with Crippen LogP contribution in [0.4, 0.5) is 0 Å². The van der Waals surface area contributed by atoms with Gasteiger partial charge in [-0.15, -0.1) is 11.8 Å². The molecule has 0 bridgehead atoms. The average Bonchev–Trinajstić information content (AvgIpc) is 2.37. The summed E-state index contributed by atoms with van der Waals surface area (Å²) in [5.41, 5.74) is 0. The first-order valence-corrected chi connectivity index (χ1v) is 8.02. The van der Waals surface area contributed by atoms with E-state index in [4.69, 9.17) is 5.11 Å². The monoisotopic (exact) mass is 288 g/mol.